The molecule has 9 rings (SSSR count). The summed E-state index contributed by atoms with van der Waals surface area (Å²) in [5, 5.41) is 2.45. The van der Waals surface area contributed by atoms with Gasteiger partial charge in [-0.3, -0.25) is 4.57 Å². The summed E-state index contributed by atoms with van der Waals surface area (Å²) in [7, 11) is 0. The molecular weight excluding hydrogens is 583 g/mol. The van der Waals surface area contributed by atoms with Gasteiger partial charge in [-0.25, -0.2) is 4.98 Å². The van der Waals surface area contributed by atoms with Crippen molar-refractivity contribution >= 4 is 38.9 Å². The van der Waals surface area contributed by atoms with Crippen LogP contribution in [0.2, 0.25) is 0 Å². The van der Waals surface area contributed by atoms with E-state index in [4.69, 9.17) is 4.98 Å². The molecule has 3 nitrogen and oxygen atoms in total. The molecule has 0 atom stereocenters. The highest BCUT2D eigenvalue weighted by Crippen LogP contribution is 2.50. The molecule has 3 heteroatoms. The Kier molecular flexibility index (Phi) is 6.38. The second kappa shape index (κ2) is 10.8. The van der Waals surface area contributed by atoms with Crippen LogP contribution in [-0.4, -0.2) is 9.55 Å². The van der Waals surface area contributed by atoms with Crippen LogP contribution < -0.4 is 4.90 Å². The molecule has 0 unspecified atom stereocenters. The maximum atomic E-state index is 5.13. The second-order valence-electron chi connectivity index (χ2n) is 13.4. The Bertz CT molecular complexity index is 2480. The van der Waals surface area contributed by atoms with Crippen LogP contribution in [0.5, 0.6) is 0 Å². The molecule has 8 aromatic rings. The van der Waals surface area contributed by atoms with Crippen molar-refractivity contribution in [2.75, 3.05) is 4.90 Å². The number of nitrogens with zero attached hydrogens (tertiary/aromatic N) is 3. The minimum Gasteiger partial charge on any atom is -0.310 e. The van der Waals surface area contributed by atoms with Crippen LogP contribution in [0.1, 0.15) is 30.5 Å². The number of aryl methyl sites for hydroxylation is 1. The minimum atomic E-state index is -0.0874. The lowest BCUT2D eigenvalue weighted by Gasteiger charge is -2.28. The molecule has 7 aromatic carbocycles. The number of anilines is 3. The van der Waals surface area contributed by atoms with Crippen LogP contribution in [-0.2, 0) is 5.41 Å². The van der Waals surface area contributed by atoms with Crippen molar-refractivity contribution in [3.05, 3.63) is 174 Å². The first-order valence-electron chi connectivity index (χ1n) is 16.6. The number of benzene rings is 7. The van der Waals surface area contributed by atoms with Crippen LogP contribution in [0.15, 0.2) is 158 Å². The summed E-state index contributed by atoms with van der Waals surface area (Å²) in [4.78, 5) is 7.52. The zero-order valence-corrected chi connectivity index (χ0v) is 27.4. The van der Waals surface area contributed by atoms with E-state index in [-0.39, 0.29) is 5.41 Å². The molecule has 0 fully saturated rings. The molecule has 1 heterocycles. The summed E-state index contributed by atoms with van der Waals surface area (Å²) >= 11 is 0. The van der Waals surface area contributed by atoms with Gasteiger partial charge in [-0.15, -0.1) is 0 Å². The van der Waals surface area contributed by atoms with Crippen molar-refractivity contribution in [3.63, 3.8) is 0 Å². The van der Waals surface area contributed by atoms with Crippen molar-refractivity contribution in [1.29, 1.82) is 0 Å². The molecule has 0 aliphatic heterocycles. The van der Waals surface area contributed by atoms with Crippen molar-refractivity contribution in [2.45, 2.75) is 26.2 Å². The molecule has 0 saturated heterocycles. The predicted octanol–water partition coefficient (Wildman–Crippen LogP) is 11.9. The lowest BCUT2D eigenvalue weighted by molar-refractivity contribution is 0.660. The van der Waals surface area contributed by atoms with Crippen LogP contribution in [0.25, 0.3) is 50.0 Å². The Morgan fingerprint density at radius 2 is 1.19 bits per heavy atom. The first-order valence-corrected chi connectivity index (χ1v) is 16.6. The summed E-state index contributed by atoms with van der Waals surface area (Å²) in [5.41, 5.74) is 14.2. The van der Waals surface area contributed by atoms with Gasteiger partial charge in [0.2, 0.25) is 0 Å². The van der Waals surface area contributed by atoms with Crippen LogP contribution in [0.4, 0.5) is 17.1 Å². The first kappa shape index (κ1) is 28.3. The lowest BCUT2D eigenvalue weighted by Crippen LogP contribution is -2.16. The molecule has 1 aliphatic rings. The van der Waals surface area contributed by atoms with Crippen LogP contribution in [0.3, 0.4) is 0 Å². The predicted molar refractivity (Wildman–Crippen MR) is 201 cm³/mol. The second-order valence-corrected chi connectivity index (χ2v) is 13.4. The quantitative estimate of drug-likeness (QED) is 0.192. The Hall–Kier alpha value is -5.93. The molecule has 0 N–H and O–H groups in total. The highest BCUT2D eigenvalue weighted by atomic mass is 15.1. The van der Waals surface area contributed by atoms with Gasteiger partial charge in [0.05, 0.1) is 11.0 Å². The molecule has 0 saturated carbocycles. The average Bonchev–Trinajstić information content (AvgIpc) is 3.62. The van der Waals surface area contributed by atoms with Gasteiger partial charge in [0.1, 0.15) is 5.82 Å². The maximum Gasteiger partial charge on any atom is 0.145 e. The molecular formula is C45H35N3. The number of imidazole rings is 1. The third-order valence-electron chi connectivity index (χ3n) is 10.1. The molecule has 0 amide bonds. The number of hydrogen-bond acceptors (Lipinski definition) is 2. The summed E-state index contributed by atoms with van der Waals surface area (Å²) in [6.07, 6.45) is 0. The zero-order valence-electron chi connectivity index (χ0n) is 27.4. The largest absolute Gasteiger partial charge is 0.310 e. The van der Waals surface area contributed by atoms with Crippen molar-refractivity contribution in [2.24, 2.45) is 0 Å². The minimum absolute atomic E-state index is 0.0874. The molecule has 230 valence electrons. The van der Waals surface area contributed by atoms with Gasteiger partial charge < -0.3 is 4.90 Å². The van der Waals surface area contributed by atoms with E-state index < -0.39 is 0 Å². The van der Waals surface area contributed by atoms with E-state index in [0.29, 0.717) is 0 Å². The van der Waals surface area contributed by atoms with Crippen molar-refractivity contribution < 1.29 is 0 Å². The normalized spacial score (nSPS) is 13.1. The van der Waals surface area contributed by atoms with Gasteiger partial charge in [-0.2, -0.15) is 0 Å². The fourth-order valence-corrected chi connectivity index (χ4v) is 7.53. The summed E-state index contributed by atoms with van der Waals surface area (Å²) in [5.74, 6) is 0.931. The molecule has 0 radical (unpaired) electrons. The van der Waals surface area contributed by atoms with E-state index in [1.165, 1.54) is 38.6 Å². The molecule has 48 heavy (non-hydrogen) atoms. The molecule has 0 bridgehead atoms. The highest BCUT2D eigenvalue weighted by Gasteiger charge is 2.35. The Morgan fingerprint density at radius 3 is 2.02 bits per heavy atom. The van der Waals surface area contributed by atoms with E-state index in [1.54, 1.807) is 0 Å². The first-order chi connectivity index (χ1) is 23.5. The number of para-hydroxylation sites is 2. The summed E-state index contributed by atoms with van der Waals surface area (Å²) in [6, 6.07) is 57.1. The standard InChI is InChI=1S/C45H35N3/c1-30-16-21-35(22-17-30)48-43-15-9-8-14-42(43)46-44(48)32-19-23-34(24-20-32)47(36-25-18-31-10-4-5-11-33(31)28-36)37-26-27-39-38-12-6-7-13-40(38)45(2,3)41(39)29-37/h4-29H,1-3H3. The van der Waals surface area contributed by atoms with Crippen molar-refractivity contribution in [1.82, 2.24) is 9.55 Å². The number of hydrogen-bond donors (Lipinski definition) is 0. The SMILES string of the molecule is Cc1ccc(-n2c(-c3ccc(N(c4ccc5c(c4)C(C)(C)c4ccccc4-5)c4ccc5ccccc5c4)cc3)nc3ccccc32)cc1. The van der Waals surface area contributed by atoms with Crippen molar-refractivity contribution in [3.8, 4) is 28.2 Å². The number of aromatic nitrogens is 2. The van der Waals surface area contributed by atoms with Gasteiger partial charge >= 0.3 is 0 Å². The van der Waals surface area contributed by atoms with Gasteiger partial charge in [0.15, 0.2) is 0 Å². The number of fused-ring (bicyclic) bond motifs is 5. The summed E-state index contributed by atoms with van der Waals surface area (Å²) in [6.45, 7) is 6.81. The fourth-order valence-electron chi connectivity index (χ4n) is 7.53. The van der Waals surface area contributed by atoms with Gasteiger partial charge in [0, 0.05) is 33.7 Å². The van der Waals surface area contributed by atoms with Gasteiger partial charge in [-0.1, -0.05) is 104 Å². The van der Waals surface area contributed by atoms with Crippen LogP contribution >= 0.6 is 0 Å². The van der Waals surface area contributed by atoms with E-state index in [0.717, 1.165) is 45.2 Å². The average molecular weight is 618 g/mol. The lowest BCUT2D eigenvalue weighted by atomic mass is 9.82. The van der Waals surface area contributed by atoms with Crippen LogP contribution in [0, 0.1) is 6.92 Å². The Balaban J connectivity index is 1.19. The zero-order chi connectivity index (χ0) is 32.4. The van der Waals surface area contributed by atoms with E-state index in [2.05, 4.69) is 188 Å². The smallest absolute Gasteiger partial charge is 0.145 e. The highest BCUT2D eigenvalue weighted by molar-refractivity contribution is 5.91. The third-order valence-corrected chi connectivity index (χ3v) is 10.1. The fraction of sp³-hybridized carbons (Fsp3) is 0.0889. The van der Waals surface area contributed by atoms with E-state index in [9.17, 15) is 0 Å². The topological polar surface area (TPSA) is 21.1 Å². The third kappa shape index (κ3) is 4.46. The molecule has 1 aromatic heterocycles. The Labute approximate surface area is 281 Å². The maximum absolute atomic E-state index is 5.13. The van der Waals surface area contributed by atoms with E-state index in [1.807, 2.05) is 0 Å². The van der Waals surface area contributed by atoms with E-state index >= 15 is 0 Å². The number of rotatable bonds is 5. The Morgan fingerprint density at radius 1 is 0.542 bits per heavy atom. The van der Waals surface area contributed by atoms with Gasteiger partial charge in [-0.05, 0) is 113 Å². The monoisotopic (exact) mass is 617 g/mol. The molecule has 0 spiro atoms. The summed E-state index contributed by atoms with van der Waals surface area (Å²) < 4.78 is 2.27. The molecule has 1 aliphatic carbocycles. The van der Waals surface area contributed by atoms with Gasteiger partial charge in [0.25, 0.3) is 0 Å².